The summed E-state index contributed by atoms with van der Waals surface area (Å²) in [5, 5.41) is 20.8. The molecule has 0 atom stereocenters. The quantitative estimate of drug-likeness (QED) is 0.699. The van der Waals surface area contributed by atoms with Crippen LogP contribution in [0.15, 0.2) is 11.6 Å². The van der Waals surface area contributed by atoms with Crippen LogP contribution in [-0.4, -0.2) is 45.5 Å². The number of carbonyl (C=O) groups is 1. The fraction of sp³-hybridized carbons (Fsp3) is 0.706. The minimum Gasteiger partial charge on any atom is -0.388 e. The first-order valence-electron chi connectivity index (χ1n) is 8.70. The van der Waals surface area contributed by atoms with Crippen molar-refractivity contribution < 1.29 is 14.6 Å². The van der Waals surface area contributed by atoms with Gasteiger partial charge < -0.3 is 19.7 Å². The molecule has 1 aromatic heterocycles. The molecule has 0 radical (unpaired) electrons. The number of methoxy groups -OCH3 is 1. The van der Waals surface area contributed by atoms with Crippen LogP contribution in [0.25, 0.3) is 0 Å². The fourth-order valence-electron chi connectivity index (χ4n) is 3.52. The Balaban J connectivity index is 1.50. The van der Waals surface area contributed by atoms with Crippen LogP contribution < -0.4 is 5.32 Å². The summed E-state index contributed by atoms with van der Waals surface area (Å²) in [6.45, 7) is 1.06. The van der Waals surface area contributed by atoms with E-state index in [0.29, 0.717) is 25.4 Å². The van der Waals surface area contributed by atoms with Gasteiger partial charge >= 0.3 is 0 Å². The summed E-state index contributed by atoms with van der Waals surface area (Å²) >= 11 is 0. The third-order valence-electron chi connectivity index (χ3n) is 4.91. The van der Waals surface area contributed by atoms with Crippen molar-refractivity contribution in [2.75, 3.05) is 13.7 Å². The van der Waals surface area contributed by atoms with Gasteiger partial charge in [-0.05, 0) is 32.1 Å². The van der Waals surface area contributed by atoms with E-state index in [1.54, 1.807) is 7.11 Å². The molecule has 0 unspecified atom stereocenters. The largest absolute Gasteiger partial charge is 0.388 e. The molecule has 1 aromatic rings. The molecule has 0 aliphatic heterocycles. The molecule has 3 rings (SSSR count). The van der Waals surface area contributed by atoms with Crippen LogP contribution in [0, 0.1) is 0 Å². The average Bonchev–Trinajstić information content (AvgIpc) is 3.17. The van der Waals surface area contributed by atoms with E-state index in [-0.39, 0.29) is 24.5 Å². The number of nitrogens with zero attached hydrogens (tertiary/aromatic N) is 3. The lowest BCUT2D eigenvalue weighted by Crippen LogP contribution is -2.44. The van der Waals surface area contributed by atoms with E-state index in [9.17, 15) is 9.90 Å². The number of hydrogen-bond donors (Lipinski definition) is 2. The molecule has 0 bridgehead atoms. The molecule has 7 heteroatoms. The van der Waals surface area contributed by atoms with Gasteiger partial charge in [-0.15, -0.1) is 10.2 Å². The molecule has 0 aromatic carbocycles. The maximum absolute atomic E-state index is 12.1. The number of aliphatic hydroxyl groups excluding tert-OH is 1. The lowest BCUT2D eigenvalue weighted by atomic mass is 9.79. The molecule has 7 nitrogen and oxygen atoms in total. The Kier molecular flexibility index (Phi) is 5.63. The van der Waals surface area contributed by atoms with Crippen LogP contribution in [0.2, 0.25) is 0 Å². The highest BCUT2D eigenvalue weighted by molar-refractivity contribution is 5.79. The second kappa shape index (κ2) is 7.90. The Morgan fingerprint density at radius 2 is 2.29 bits per heavy atom. The van der Waals surface area contributed by atoms with Crippen LogP contribution in [0.4, 0.5) is 0 Å². The number of carbonyl (C=O) groups excluding carboxylic acids is 1. The van der Waals surface area contributed by atoms with Crippen molar-refractivity contribution >= 4 is 5.91 Å². The molecule has 2 aliphatic rings. The summed E-state index contributed by atoms with van der Waals surface area (Å²) in [4.78, 5) is 12.1. The minimum absolute atomic E-state index is 0.126. The summed E-state index contributed by atoms with van der Waals surface area (Å²) in [7, 11) is 1.65. The van der Waals surface area contributed by atoms with Gasteiger partial charge in [-0.2, -0.15) is 0 Å². The van der Waals surface area contributed by atoms with Crippen LogP contribution in [0.3, 0.4) is 0 Å². The van der Waals surface area contributed by atoms with E-state index < -0.39 is 0 Å². The zero-order valence-corrected chi connectivity index (χ0v) is 14.2. The predicted molar refractivity (Wildman–Crippen MR) is 88.3 cm³/mol. The second-order valence-corrected chi connectivity index (χ2v) is 6.64. The maximum Gasteiger partial charge on any atom is 0.224 e. The van der Waals surface area contributed by atoms with Crippen molar-refractivity contribution in [1.82, 2.24) is 20.1 Å². The Morgan fingerprint density at radius 3 is 2.96 bits per heavy atom. The number of allylic oxidation sites excluding steroid dienone is 1. The molecular weight excluding hydrogens is 308 g/mol. The average molecular weight is 334 g/mol. The van der Waals surface area contributed by atoms with Crippen molar-refractivity contribution in [2.45, 2.75) is 63.6 Å². The highest BCUT2D eigenvalue weighted by Crippen LogP contribution is 2.36. The molecule has 0 spiro atoms. The van der Waals surface area contributed by atoms with E-state index in [1.807, 2.05) is 4.57 Å². The smallest absolute Gasteiger partial charge is 0.224 e. The predicted octanol–water partition coefficient (Wildman–Crippen LogP) is 1.28. The molecule has 24 heavy (non-hydrogen) atoms. The highest BCUT2D eigenvalue weighted by Gasteiger charge is 2.35. The van der Waals surface area contributed by atoms with Crippen molar-refractivity contribution in [3.8, 4) is 0 Å². The SMILES string of the molecule is COCCn1c(CO)nnc1C1CC(NC(=O)CC2=CCCC2)C1. The molecule has 1 saturated carbocycles. The molecule has 1 amide bonds. The summed E-state index contributed by atoms with van der Waals surface area (Å²) in [6.07, 6.45) is 7.84. The van der Waals surface area contributed by atoms with Gasteiger partial charge in [0.1, 0.15) is 12.4 Å². The van der Waals surface area contributed by atoms with E-state index in [4.69, 9.17) is 4.74 Å². The van der Waals surface area contributed by atoms with Gasteiger partial charge in [0.05, 0.1) is 6.61 Å². The first-order valence-corrected chi connectivity index (χ1v) is 8.70. The molecule has 1 fully saturated rings. The first kappa shape index (κ1) is 17.1. The van der Waals surface area contributed by atoms with Crippen molar-refractivity contribution in [3.63, 3.8) is 0 Å². The first-order chi connectivity index (χ1) is 11.7. The number of aliphatic hydroxyl groups is 1. The Bertz CT molecular complexity index is 605. The Labute approximate surface area is 142 Å². The lowest BCUT2D eigenvalue weighted by molar-refractivity contribution is -0.121. The van der Waals surface area contributed by atoms with E-state index in [1.165, 1.54) is 12.0 Å². The number of ether oxygens (including phenoxy) is 1. The van der Waals surface area contributed by atoms with E-state index in [0.717, 1.165) is 31.5 Å². The maximum atomic E-state index is 12.1. The third kappa shape index (κ3) is 3.84. The fourth-order valence-corrected chi connectivity index (χ4v) is 3.52. The topological polar surface area (TPSA) is 89.3 Å². The number of aromatic nitrogens is 3. The van der Waals surface area contributed by atoms with Crippen LogP contribution in [0.5, 0.6) is 0 Å². The van der Waals surface area contributed by atoms with Gasteiger partial charge in [0, 0.05) is 32.0 Å². The molecule has 132 valence electrons. The van der Waals surface area contributed by atoms with Gasteiger partial charge in [-0.1, -0.05) is 11.6 Å². The summed E-state index contributed by atoms with van der Waals surface area (Å²) in [5.41, 5.74) is 1.27. The number of nitrogens with one attached hydrogen (secondary N) is 1. The van der Waals surface area contributed by atoms with Crippen LogP contribution in [0.1, 0.15) is 56.1 Å². The van der Waals surface area contributed by atoms with Gasteiger partial charge in [0.25, 0.3) is 0 Å². The summed E-state index contributed by atoms with van der Waals surface area (Å²) in [6, 6.07) is 0.217. The minimum atomic E-state index is -0.126. The monoisotopic (exact) mass is 334 g/mol. The standard InChI is InChI=1S/C17H26N4O3/c1-24-7-6-21-15(11-22)19-20-17(21)13-9-14(10-13)18-16(23)8-12-4-2-3-5-12/h4,13-14,22H,2-3,5-11H2,1H3,(H,18,23). The zero-order valence-electron chi connectivity index (χ0n) is 14.2. The summed E-state index contributed by atoms with van der Waals surface area (Å²) < 4.78 is 7.06. The number of hydrogen-bond acceptors (Lipinski definition) is 5. The van der Waals surface area contributed by atoms with Crippen LogP contribution in [-0.2, 0) is 22.7 Å². The van der Waals surface area contributed by atoms with Crippen molar-refractivity contribution in [3.05, 3.63) is 23.3 Å². The van der Waals surface area contributed by atoms with Crippen LogP contribution >= 0.6 is 0 Å². The molecule has 2 aliphatic carbocycles. The van der Waals surface area contributed by atoms with Gasteiger partial charge in [0.15, 0.2) is 5.82 Å². The Hall–Kier alpha value is -1.73. The van der Waals surface area contributed by atoms with Gasteiger partial charge in [-0.25, -0.2) is 0 Å². The molecule has 0 saturated heterocycles. The molecule has 2 N–H and O–H groups in total. The Morgan fingerprint density at radius 1 is 1.46 bits per heavy atom. The number of amides is 1. The third-order valence-corrected chi connectivity index (χ3v) is 4.91. The normalized spacial score (nSPS) is 23.0. The highest BCUT2D eigenvalue weighted by atomic mass is 16.5. The zero-order chi connectivity index (χ0) is 16.9. The van der Waals surface area contributed by atoms with Gasteiger partial charge in [-0.3, -0.25) is 4.79 Å². The van der Waals surface area contributed by atoms with Crippen molar-refractivity contribution in [1.29, 1.82) is 0 Å². The van der Waals surface area contributed by atoms with Crippen molar-refractivity contribution in [2.24, 2.45) is 0 Å². The van der Waals surface area contributed by atoms with E-state index >= 15 is 0 Å². The summed E-state index contributed by atoms with van der Waals surface area (Å²) in [5.74, 6) is 1.87. The second-order valence-electron chi connectivity index (χ2n) is 6.64. The lowest BCUT2D eigenvalue weighted by Gasteiger charge is -2.35. The van der Waals surface area contributed by atoms with Gasteiger partial charge in [0.2, 0.25) is 5.91 Å². The number of rotatable bonds is 8. The van der Waals surface area contributed by atoms with E-state index in [2.05, 4.69) is 21.6 Å². The molecular formula is C17H26N4O3. The molecule has 1 heterocycles.